The third kappa shape index (κ3) is 4.66. The third-order valence-corrected chi connectivity index (χ3v) is 5.95. The van der Waals surface area contributed by atoms with Crippen molar-refractivity contribution >= 4 is 46.0 Å². The molecule has 1 amide bonds. The summed E-state index contributed by atoms with van der Waals surface area (Å²) in [5, 5.41) is 7.42. The van der Waals surface area contributed by atoms with E-state index >= 15 is 0 Å². The van der Waals surface area contributed by atoms with E-state index in [-0.39, 0.29) is 18.0 Å². The number of fused-ring (bicyclic) bond motifs is 1. The van der Waals surface area contributed by atoms with Crippen molar-refractivity contribution in [2.24, 2.45) is 0 Å². The number of methoxy groups -OCH3 is 2. The van der Waals surface area contributed by atoms with Gasteiger partial charge in [-0.05, 0) is 12.1 Å². The highest BCUT2D eigenvalue weighted by Crippen LogP contribution is 2.45. The number of anilines is 1. The number of hydrogen-bond donors (Lipinski definition) is 2. The Balaban J connectivity index is 1.63. The standard InChI is InChI=1S/C22H21Cl2N5O4/c1-4-18(30)27-14-9-33-10-15(14)29-22-26-7-11-5-12(25-8-13(11)28-22)19-20(23)16(31-2)6-17(32-3)21(19)24/h4-8,14-15H,1,9-10H2,2-3H3,(H,27,30)(H,26,28,29)/t14?,15-/m1/s1. The monoisotopic (exact) mass is 489 g/mol. The summed E-state index contributed by atoms with van der Waals surface area (Å²) in [5.41, 5.74) is 1.63. The Kier molecular flexibility index (Phi) is 6.83. The molecule has 0 bridgehead atoms. The van der Waals surface area contributed by atoms with Crippen molar-refractivity contribution in [1.82, 2.24) is 20.3 Å². The average Bonchev–Trinajstić information content (AvgIpc) is 3.25. The first-order valence-electron chi connectivity index (χ1n) is 9.95. The van der Waals surface area contributed by atoms with Gasteiger partial charge in [-0.3, -0.25) is 9.78 Å². The summed E-state index contributed by atoms with van der Waals surface area (Å²) < 4.78 is 16.2. The molecule has 1 unspecified atom stereocenters. The first-order valence-corrected chi connectivity index (χ1v) is 10.7. The molecule has 1 aliphatic rings. The van der Waals surface area contributed by atoms with Gasteiger partial charge in [0.05, 0.1) is 67.0 Å². The molecule has 3 heterocycles. The molecular weight excluding hydrogens is 469 g/mol. The lowest BCUT2D eigenvalue weighted by Gasteiger charge is -2.19. The minimum absolute atomic E-state index is 0.180. The number of carbonyl (C=O) groups is 1. The third-order valence-electron chi connectivity index (χ3n) is 5.20. The molecule has 0 aliphatic carbocycles. The van der Waals surface area contributed by atoms with Crippen molar-refractivity contribution in [3.05, 3.63) is 47.2 Å². The van der Waals surface area contributed by atoms with Gasteiger partial charge in [0, 0.05) is 23.2 Å². The molecule has 33 heavy (non-hydrogen) atoms. The number of carbonyl (C=O) groups excluding carboxylic acids is 1. The Morgan fingerprint density at radius 1 is 1.12 bits per heavy atom. The highest BCUT2D eigenvalue weighted by molar-refractivity contribution is 6.41. The zero-order valence-electron chi connectivity index (χ0n) is 17.9. The van der Waals surface area contributed by atoms with E-state index in [1.54, 1.807) is 24.5 Å². The number of amides is 1. The topological polar surface area (TPSA) is 107 Å². The smallest absolute Gasteiger partial charge is 0.243 e. The van der Waals surface area contributed by atoms with Gasteiger partial charge in [0.15, 0.2) is 0 Å². The van der Waals surface area contributed by atoms with E-state index in [1.807, 2.05) is 0 Å². The van der Waals surface area contributed by atoms with Crippen LogP contribution in [-0.4, -0.2) is 60.4 Å². The molecule has 0 saturated carbocycles. The van der Waals surface area contributed by atoms with Gasteiger partial charge in [-0.1, -0.05) is 29.8 Å². The lowest BCUT2D eigenvalue weighted by atomic mass is 10.1. The number of hydrogen-bond acceptors (Lipinski definition) is 8. The molecule has 4 rings (SSSR count). The minimum atomic E-state index is -0.264. The predicted octanol–water partition coefficient (Wildman–Crippen LogP) is 3.50. The fourth-order valence-electron chi connectivity index (χ4n) is 3.50. The normalized spacial score (nSPS) is 17.6. The number of nitrogens with zero attached hydrogens (tertiary/aromatic N) is 3. The van der Waals surface area contributed by atoms with E-state index in [0.717, 1.165) is 5.39 Å². The summed E-state index contributed by atoms with van der Waals surface area (Å²) in [6, 6.07) is 3.01. The zero-order valence-corrected chi connectivity index (χ0v) is 19.4. The summed E-state index contributed by atoms with van der Waals surface area (Å²) in [6.45, 7) is 4.27. The van der Waals surface area contributed by atoms with Gasteiger partial charge in [0.25, 0.3) is 0 Å². The fourth-order valence-corrected chi connectivity index (χ4v) is 4.19. The quantitative estimate of drug-likeness (QED) is 0.485. The van der Waals surface area contributed by atoms with Crippen LogP contribution >= 0.6 is 23.2 Å². The molecule has 1 aliphatic heterocycles. The largest absolute Gasteiger partial charge is 0.495 e. The van der Waals surface area contributed by atoms with Crippen molar-refractivity contribution < 1.29 is 19.0 Å². The maximum absolute atomic E-state index is 11.6. The summed E-state index contributed by atoms with van der Waals surface area (Å²) in [4.78, 5) is 25.1. The van der Waals surface area contributed by atoms with Crippen molar-refractivity contribution in [2.75, 3.05) is 32.8 Å². The van der Waals surface area contributed by atoms with Crippen molar-refractivity contribution in [3.8, 4) is 22.8 Å². The number of halogens is 2. The lowest BCUT2D eigenvalue weighted by molar-refractivity contribution is -0.117. The highest BCUT2D eigenvalue weighted by Gasteiger charge is 2.29. The molecule has 1 aromatic carbocycles. The summed E-state index contributed by atoms with van der Waals surface area (Å²) in [6.07, 6.45) is 4.50. The van der Waals surface area contributed by atoms with Gasteiger partial charge in [-0.15, -0.1) is 0 Å². The molecule has 2 N–H and O–H groups in total. The second-order valence-corrected chi connectivity index (χ2v) is 7.97. The van der Waals surface area contributed by atoms with E-state index in [9.17, 15) is 4.79 Å². The molecule has 0 spiro atoms. The zero-order chi connectivity index (χ0) is 23.5. The molecule has 9 nitrogen and oxygen atoms in total. The van der Waals surface area contributed by atoms with Crippen LogP contribution in [0.4, 0.5) is 5.95 Å². The number of ether oxygens (including phenoxy) is 3. The Bertz CT molecular complexity index is 1190. The van der Waals surface area contributed by atoms with Crippen LogP contribution in [-0.2, 0) is 9.53 Å². The first-order chi connectivity index (χ1) is 15.9. The first kappa shape index (κ1) is 23.0. The van der Waals surface area contributed by atoms with E-state index in [2.05, 4.69) is 32.2 Å². The van der Waals surface area contributed by atoms with Gasteiger partial charge in [-0.25, -0.2) is 9.97 Å². The van der Waals surface area contributed by atoms with Gasteiger partial charge >= 0.3 is 0 Å². The van der Waals surface area contributed by atoms with Crippen LogP contribution < -0.4 is 20.1 Å². The number of benzene rings is 1. The molecule has 0 radical (unpaired) electrons. The van der Waals surface area contributed by atoms with Crippen LogP contribution in [0.3, 0.4) is 0 Å². The summed E-state index contributed by atoms with van der Waals surface area (Å²) in [7, 11) is 3.02. The molecule has 1 saturated heterocycles. The fraction of sp³-hybridized carbons (Fsp3) is 0.273. The van der Waals surface area contributed by atoms with Crippen LogP contribution in [0.1, 0.15) is 0 Å². The molecule has 2 atom stereocenters. The van der Waals surface area contributed by atoms with Crippen molar-refractivity contribution in [2.45, 2.75) is 12.1 Å². The van der Waals surface area contributed by atoms with E-state index in [4.69, 9.17) is 37.4 Å². The van der Waals surface area contributed by atoms with Gasteiger partial charge < -0.3 is 24.8 Å². The second-order valence-electron chi connectivity index (χ2n) is 7.21. The Morgan fingerprint density at radius 2 is 1.82 bits per heavy atom. The molecule has 172 valence electrons. The number of pyridine rings is 1. The highest BCUT2D eigenvalue weighted by atomic mass is 35.5. The molecule has 1 fully saturated rings. The van der Waals surface area contributed by atoms with E-state index < -0.39 is 0 Å². The molecule has 3 aromatic rings. The second kappa shape index (κ2) is 9.78. The molecule has 2 aromatic heterocycles. The van der Waals surface area contributed by atoms with Crippen LogP contribution in [0, 0.1) is 0 Å². The SMILES string of the molecule is C=CC(=O)NC1COC[C@H]1Nc1ncc2cc(-c3c(Cl)c(OC)cc(OC)c3Cl)ncc2n1. The van der Waals surface area contributed by atoms with Crippen LogP contribution in [0.2, 0.25) is 10.0 Å². The number of aromatic nitrogens is 3. The van der Waals surface area contributed by atoms with Crippen molar-refractivity contribution in [3.63, 3.8) is 0 Å². The van der Waals surface area contributed by atoms with Crippen LogP contribution in [0.25, 0.3) is 22.2 Å². The lowest BCUT2D eigenvalue weighted by Crippen LogP contribution is -2.45. The average molecular weight is 490 g/mol. The Hall–Kier alpha value is -3.14. The van der Waals surface area contributed by atoms with Gasteiger partial charge in [0.2, 0.25) is 11.9 Å². The maximum Gasteiger partial charge on any atom is 0.243 e. The summed E-state index contributed by atoms with van der Waals surface area (Å²) in [5.74, 6) is 0.967. The Labute approximate surface area is 200 Å². The van der Waals surface area contributed by atoms with E-state index in [1.165, 1.54) is 20.3 Å². The number of nitrogens with one attached hydrogen (secondary N) is 2. The van der Waals surface area contributed by atoms with Crippen LogP contribution in [0.15, 0.2) is 37.2 Å². The number of rotatable bonds is 7. The predicted molar refractivity (Wildman–Crippen MR) is 126 cm³/mol. The minimum Gasteiger partial charge on any atom is -0.495 e. The van der Waals surface area contributed by atoms with Gasteiger partial charge in [-0.2, -0.15) is 0 Å². The van der Waals surface area contributed by atoms with Gasteiger partial charge in [0.1, 0.15) is 11.5 Å². The summed E-state index contributed by atoms with van der Waals surface area (Å²) >= 11 is 13.0. The van der Waals surface area contributed by atoms with E-state index in [0.29, 0.717) is 57.5 Å². The molecular formula is C22H21Cl2N5O4. The Morgan fingerprint density at radius 3 is 2.48 bits per heavy atom. The van der Waals surface area contributed by atoms with Crippen molar-refractivity contribution in [1.29, 1.82) is 0 Å². The maximum atomic E-state index is 11.6. The van der Waals surface area contributed by atoms with Crippen LogP contribution in [0.5, 0.6) is 11.5 Å². The molecule has 11 heteroatoms.